The van der Waals surface area contributed by atoms with Crippen LogP contribution in [0.25, 0.3) is 22.6 Å². The number of carbonyl (C=O) groups excluding carboxylic acids is 2. The molecule has 9 nitrogen and oxygen atoms in total. The second kappa shape index (κ2) is 12.2. The average Bonchev–Trinajstić information content (AvgIpc) is 3.48. The van der Waals surface area contributed by atoms with Gasteiger partial charge in [0.05, 0.1) is 23.7 Å². The van der Waals surface area contributed by atoms with Crippen LogP contribution in [-0.2, 0) is 17.9 Å². The van der Waals surface area contributed by atoms with Crippen LogP contribution in [0.1, 0.15) is 31.8 Å². The van der Waals surface area contributed by atoms with Crippen molar-refractivity contribution in [3.8, 4) is 17.3 Å². The highest BCUT2D eigenvalue weighted by Gasteiger charge is 2.23. The Morgan fingerprint density at radius 3 is 2.40 bits per heavy atom. The molecule has 212 valence electrons. The van der Waals surface area contributed by atoms with Gasteiger partial charge in [0.2, 0.25) is 0 Å². The molecule has 6 rings (SSSR count). The number of methoxy groups -OCH3 is 1. The molecular formula is C33H31N5O4. The maximum absolute atomic E-state index is 13.3. The van der Waals surface area contributed by atoms with Gasteiger partial charge >= 0.3 is 5.97 Å². The molecule has 1 N–H and O–H groups in total. The standard InChI is InChI=1S/C33H31N5O4/c1-41-33(40)24-11-9-23(10-12-24)22-42-30-8-3-2-6-26(30)21-37-16-18-38(19-17-37)32(39)25-13-14-27-29(20-25)36-31(35-27)28-7-4-5-15-34-28/h2-15,20H,16-19,21-22H2,1H3,(H,35,36). The highest BCUT2D eigenvalue weighted by molar-refractivity contribution is 5.97. The van der Waals surface area contributed by atoms with Gasteiger partial charge < -0.3 is 19.4 Å². The number of rotatable bonds is 8. The molecule has 0 radical (unpaired) electrons. The van der Waals surface area contributed by atoms with E-state index in [1.54, 1.807) is 18.3 Å². The Balaban J connectivity index is 1.05. The van der Waals surface area contributed by atoms with Crippen molar-refractivity contribution in [3.63, 3.8) is 0 Å². The number of ether oxygens (including phenoxy) is 2. The van der Waals surface area contributed by atoms with Crippen LogP contribution in [0.5, 0.6) is 5.75 Å². The van der Waals surface area contributed by atoms with Gasteiger partial charge in [-0.05, 0) is 54.1 Å². The number of H-pyrrole nitrogens is 1. The lowest BCUT2D eigenvalue weighted by Gasteiger charge is -2.35. The van der Waals surface area contributed by atoms with Crippen LogP contribution in [0.15, 0.2) is 91.1 Å². The number of aromatic amines is 1. The third kappa shape index (κ3) is 6.01. The fourth-order valence-corrected chi connectivity index (χ4v) is 5.09. The number of amides is 1. The Labute approximate surface area is 243 Å². The van der Waals surface area contributed by atoms with Crippen molar-refractivity contribution < 1.29 is 19.1 Å². The molecular weight excluding hydrogens is 530 g/mol. The zero-order chi connectivity index (χ0) is 28.9. The molecule has 0 unspecified atom stereocenters. The van der Waals surface area contributed by atoms with E-state index < -0.39 is 0 Å². The molecule has 1 amide bonds. The molecule has 0 saturated carbocycles. The van der Waals surface area contributed by atoms with E-state index >= 15 is 0 Å². The summed E-state index contributed by atoms with van der Waals surface area (Å²) in [5.74, 6) is 1.17. The Bertz CT molecular complexity index is 1690. The van der Waals surface area contributed by atoms with Crippen molar-refractivity contribution in [2.75, 3.05) is 33.3 Å². The van der Waals surface area contributed by atoms with Crippen LogP contribution in [0.3, 0.4) is 0 Å². The van der Waals surface area contributed by atoms with E-state index in [1.807, 2.05) is 71.6 Å². The third-order valence-electron chi connectivity index (χ3n) is 7.43. The normalized spacial score (nSPS) is 13.7. The number of hydrogen-bond acceptors (Lipinski definition) is 7. The quantitative estimate of drug-likeness (QED) is 0.268. The number of hydrogen-bond donors (Lipinski definition) is 1. The highest BCUT2D eigenvalue weighted by Crippen LogP contribution is 2.24. The van der Waals surface area contributed by atoms with Crippen molar-refractivity contribution in [2.45, 2.75) is 13.2 Å². The van der Waals surface area contributed by atoms with Gasteiger partial charge in [0.25, 0.3) is 5.91 Å². The lowest BCUT2D eigenvalue weighted by Crippen LogP contribution is -2.48. The molecule has 1 saturated heterocycles. The molecule has 1 aliphatic heterocycles. The number of nitrogens with zero attached hydrogens (tertiary/aromatic N) is 4. The van der Waals surface area contributed by atoms with Gasteiger partial charge in [0.15, 0.2) is 5.82 Å². The van der Waals surface area contributed by atoms with Crippen LogP contribution < -0.4 is 4.74 Å². The fraction of sp³-hybridized carbons (Fsp3) is 0.212. The number of fused-ring (bicyclic) bond motifs is 1. The average molecular weight is 562 g/mol. The highest BCUT2D eigenvalue weighted by atomic mass is 16.5. The van der Waals surface area contributed by atoms with E-state index in [0.29, 0.717) is 36.6 Å². The van der Waals surface area contributed by atoms with E-state index in [1.165, 1.54) is 7.11 Å². The number of aromatic nitrogens is 3. The zero-order valence-electron chi connectivity index (χ0n) is 23.3. The topological polar surface area (TPSA) is 101 Å². The van der Waals surface area contributed by atoms with Gasteiger partial charge in [-0.15, -0.1) is 0 Å². The SMILES string of the molecule is COC(=O)c1ccc(COc2ccccc2CN2CCN(C(=O)c3ccc4nc(-c5ccccn5)[nH]c4c3)CC2)cc1. The van der Waals surface area contributed by atoms with Gasteiger partial charge in [0.1, 0.15) is 18.1 Å². The number of carbonyl (C=O) groups is 2. The molecule has 1 fully saturated rings. The number of nitrogens with one attached hydrogen (secondary N) is 1. The molecule has 3 heterocycles. The predicted molar refractivity (Wildman–Crippen MR) is 159 cm³/mol. The lowest BCUT2D eigenvalue weighted by atomic mass is 10.1. The minimum atomic E-state index is -0.358. The van der Waals surface area contributed by atoms with E-state index in [9.17, 15) is 9.59 Å². The largest absolute Gasteiger partial charge is 0.489 e. The van der Waals surface area contributed by atoms with E-state index in [0.717, 1.165) is 53.2 Å². The maximum Gasteiger partial charge on any atom is 0.337 e. The third-order valence-corrected chi connectivity index (χ3v) is 7.43. The number of imidazole rings is 1. The molecule has 42 heavy (non-hydrogen) atoms. The van der Waals surface area contributed by atoms with Crippen molar-refractivity contribution in [1.82, 2.24) is 24.8 Å². The summed E-state index contributed by atoms with van der Waals surface area (Å²) in [7, 11) is 1.37. The second-order valence-electron chi connectivity index (χ2n) is 10.2. The summed E-state index contributed by atoms with van der Waals surface area (Å²) < 4.78 is 10.9. The summed E-state index contributed by atoms with van der Waals surface area (Å²) in [6, 6.07) is 26.5. The minimum absolute atomic E-state index is 0.0208. The van der Waals surface area contributed by atoms with Crippen LogP contribution in [0, 0.1) is 0 Å². The van der Waals surface area contributed by atoms with Crippen LogP contribution in [0.4, 0.5) is 0 Å². The van der Waals surface area contributed by atoms with E-state index in [4.69, 9.17) is 9.47 Å². The summed E-state index contributed by atoms with van der Waals surface area (Å²) in [4.78, 5) is 41.6. The molecule has 0 aliphatic carbocycles. The van der Waals surface area contributed by atoms with Crippen LogP contribution >= 0.6 is 0 Å². The molecule has 2 aromatic heterocycles. The maximum atomic E-state index is 13.3. The molecule has 0 spiro atoms. The van der Waals surface area contributed by atoms with E-state index in [2.05, 4.69) is 25.9 Å². The summed E-state index contributed by atoms with van der Waals surface area (Å²) in [5.41, 5.74) is 5.59. The Kier molecular flexibility index (Phi) is 7.91. The fourth-order valence-electron chi connectivity index (χ4n) is 5.09. The number of pyridine rings is 1. The lowest BCUT2D eigenvalue weighted by molar-refractivity contribution is 0.0598. The van der Waals surface area contributed by atoms with Gasteiger partial charge in [-0.3, -0.25) is 14.7 Å². The number of para-hydroxylation sites is 1. The molecule has 9 heteroatoms. The Morgan fingerprint density at radius 2 is 1.64 bits per heavy atom. The van der Waals surface area contributed by atoms with Gasteiger partial charge in [-0.25, -0.2) is 9.78 Å². The molecule has 0 atom stereocenters. The summed E-state index contributed by atoms with van der Waals surface area (Å²) in [5, 5.41) is 0. The second-order valence-corrected chi connectivity index (χ2v) is 10.2. The minimum Gasteiger partial charge on any atom is -0.489 e. The first-order valence-electron chi connectivity index (χ1n) is 13.9. The molecule has 5 aromatic rings. The summed E-state index contributed by atoms with van der Waals surface area (Å²) in [6.45, 7) is 3.96. The first-order valence-corrected chi connectivity index (χ1v) is 13.9. The summed E-state index contributed by atoms with van der Waals surface area (Å²) >= 11 is 0. The first kappa shape index (κ1) is 27.2. The van der Waals surface area contributed by atoms with Crippen molar-refractivity contribution >= 4 is 22.9 Å². The monoisotopic (exact) mass is 561 g/mol. The first-order chi connectivity index (χ1) is 20.6. The smallest absolute Gasteiger partial charge is 0.337 e. The van der Waals surface area contributed by atoms with E-state index in [-0.39, 0.29) is 11.9 Å². The predicted octanol–water partition coefficient (Wildman–Crippen LogP) is 4.95. The number of esters is 1. The molecule has 1 aliphatic rings. The molecule has 0 bridgehead atoms. The van der Waals surface area contributed by atoms with Crippen molar-refractivity contribution in [3.05, 3.63) is 113 Å². The van der Waals surface area contributed by atoms with Crippen molar-refractivity contribution in [2.24, 2.45) is 0 Å². The van der Waals surface area contributed by atoms with Crippen LogP contribution in [0.2, 0.25) is 0 Å². The Hall–Kier alpha value is -5.02. The van der Waals surface area contributed by atoms with Gasteiger partial charge in [0, 0.05) is 50.0 Å². The number of piperazine rings is 1. The Morgan fingerprint density at radius 1 is 0.881 bits per heavy atom. The molecule has 3 aromatic carbocycles. The zero-order valence-corrected chi connectivity index (χ0v) is 23.3. The summed E-state index contributed by atoms with van der Waals surface area (Å²) in [6.07, 6.45) is 1.73. The number of benzene rings is 3. The van der Waals surface area contributed by atoms with Crippen molar-refractivity contribution in [1.29, 1.82) is 0 Å². The van der Waals surface area contributed by atoms with Crippen LogP contribution in [-0.4, -0.2) is 69.9 Å². The van der Waals surface area contributed by atoms with Gasteiger partial charge in [-0.2, -0.15) is 0 Å². The van der Waals surface area contributed by atoms with Gasteiger partial charge in [-0.1, -0.05) is 36.4 Å².